The lowest BCUT2D eigenvalue weighted by atomic mass is 9.67. The lowest BCUT2D eigenvalue weighted by Crippen LogP contribution is -2.29. The Bertz CT molecular complexity index is 1080. The van der Waals surface area contributed by atoms with Crippen molar-refractivity contribution in [2.45, 2.75) is 51.9 Å². The molecular formula is C26H28N2S. The van der Waals surface area contributed by atoms with Gasteiger partial charge in [-0.05, 0) is 46.9 Å². The molecule has 0 saturated carbocycles. The van der Waals surface area contributed by atoms with Gasteiger partial charge in [0.25, 0.3) is 0 Å². The van der Waals surface area contributed by atoms with E-state index >= 15 is 0 Å². The third kappa shape index (κ3) is 3.72. The van der Waals surface area contributed by atoms with Crippen LogP contribution in [0.25, 0.3) is 5.57 Å². The third-order valence-electron chi connectivity index (χ3n) is 5.97. The van der Waals surface area contributed by atoms with Crippen molar-refractivity contribution in [2.75, 3.05) is 0 Å². The second-order valence-electron chi connectivity index (χ2n) is 9.12. The van der Waals surface area contributed by atoms with E-state index < -0.39 is 0 Å². The van der Waals surface area contributed by atoms with Gasteiger partial charge in [0.15, 0.2) is 0 Å². The van der Waals surface area contributed by atoms with Crippen LogP contribution in [0.4, 0.5) is 0 Å². The summed E-state index contributed by atoms with van der Waals surface area (Å²) in [4.78, 5) is 9.08. The van der Waals surface area contributed by atoms with Gasteiger partial charge in [0.1, 0.15) is 0 Å². The summed E-state index contributed by atoms with van der Waals surface area (Å²) in [6, 6.07) is 8.90. The molecule has 0 unspecified atom stereocenters. The predicted molar refractivity (Wildman–Crippen MR) is 124 cm³/mol. The van der Waals surface area contributed by atoms with Crippen LogP contribution in [0.1, 0.15) is 66.2 Å². The average Bonchev–Trinajstić information content (AvgIpc) is 3.18. The van der Waals surface area contributed by atoms with E-state index in [9.17, 15) is 0 Å². The lowest BCUT2D eigenvalue weighted by molar-refractivity contribution is 0.562. The van der Waals surface area contributed by atoms with Crippen molar-refractivity contribution in [3.05, 3.63) is 99.3 Å². The first-order valence-electron chi connectivity index (χ1n) is 10.1. The zero-order valence-corrected chi connectivity index (χ0v) is 18.7. The minimum Gasteiger partial charge on any atom is -0.256 e. The van der Waals surface area contributed by atoms with E-state index in [2.05, 4.69) is 82.6 Å². The van der Waals surface area contributed by atoms with Crippen LogP contribution < -0.4 is 0 Å². The van der Waals surface area contributed by atoms with Crippen LogP contribution in [0.2, 0.25) is 0 Å². The van der Waals surface area contributed by atoms with Gasteiger partial charge >= 0.3 is 0 Å². The number of benzene rings is 1. The zero-order chi connectivity index (χ0) is 20.8. The smallest absolute Gasteiger partial charge is 0.0969 e. The number of allylic oxidation sites excluding steroid dienone is 2. The van der Waals surface area contributed by atoms with Crippen LogP contribution in [0, 0.1) is 6.92 Å². The molecule has 0 radical (unpaired) electrons. The van der Waals surface area contributed by atoms with Gasteiger partial charge in [-0.3, -0.25) is 4.98 Å². The highest BCUT2D eigenvalue weighted by molar-refractivity contribution is 7.09. The number of aryl methyl sites for hydroxylation is 1. The van der Waals surface area contributed by atoms with E-state index in [1.807, 2.05) is 17.8 Å². The number of aromatic nitrogens is 2. The molecule has 29 heavy (non-hydrogen) atoms. The summed E-state index contributed by atoms with van der Waals surface area (Å²) in [6.45, 7) is 15.7. The van der Waals surface area contributed by atoms with Gasteiger partial charge < -0.3 is 0 Å². The van der Waals surface area contributed by atoms with E-state index in [0.29, 0.717) is 0 Å². The molecule has 148 valence electrons. The van der Waals surface area contributed by atoms with E-state index in [-0.39, 0.29) is 10.8 Å². The Kier molecular flexibility index (Phi) is 4.82. The Labute approximate surface area is 178 Å². The van der Waals surface area contributed by atoms with E-state index in [0.717, 1.165) is 22.7 Å². The number of thiazole rings is 1. The highest BCUT2D eigenvalue weighted by Crippen LogP contribution is 2.43. The molecule has 3 aromatic rings. The van der Waals surface area contributed by atoms with Crippen LogP contribution in [-0.4, -0.2) is 9.97 Å². The van der Waals surface area contributed by atoms with Crippen molar-refractivity contribution < 1.29 is 0 Å². The van der Waals surface area contributed by atoms with E-state index in [1.54, 1.807) is 11.3 Å². The Hall–Kier alpha value is -2.52. The van der Waals surface area contributed by atoms with Gasteiger partial charge in [-0.15, -0.1) is 11.3 Å². The highest BCUT2D eigenvalue weighted by atomic mass is 32.1. The number of hydrogen-bond acceptors (Lipinski definition) is 3. The lowest BCUT2D eigenvalue weighted by Gasteiger charge is -2.37. The predicted octanol–water partition coefficient (Wildman–Crippen LogP) is 6.62. The van der Waals surface area contributed by atoms with Crippen molar-refractivity contribution in [1.29, 1.82) is 0 Å². The van der Waals surface area contributed by atoms with Gasteiger partial charge in [0, 0.05) is 40.6 Å². The molecule has 0 bridgehead atoms. The SMILES string of the molecule is C=C(c1ccc(Cc2nccs2)cn1)c1cc2c(cc1C)C(C)(C)C=CC2(C)C. The normalized spacial score (nSPS) is 16.4. The maximum atomic E-state index is 4.72. The van der Waals surface area contributed by atoms with Crippen molar-refractivity contribution >= 4 is 16.9 Å². The van der Waals surface area contributed by atoms with Gasteiger partial charge in [-0.25, -0.2) is 4.98 Å². The van der Waals surface area contributed by atoms with E-state index in [1.165, 1.54) is 27.8 Å². The minimum atomic E-state index is 0.0125. The maximum Gasteiger partial charge on any atom is 0.0969 e. The van der Waals surface area contributed by atoms with Gasteiger partial charge in [0.05, 0.1) is 10.7 Å². The summed E-state index contributed by atoms with van der Waals surface area (Å²) in [5, 5.41) is 3.12. The Balaban J connectivity index is 1.68. The molecule has 0 amide bonds. The van der Waals surface area contributed by atoms with E-state index in [4.69, 9.17) is 4.98 Å². The summed E-state index contributed by atoms with van der Waals surface area (Å²) in [7, 11) is 0. The molecule has 0 spiro atoms. The largest absolute Gasteiger partial charge is 0.256 e. The zero-order valence-electron chi connectivity index (χ0n) is 17.9. The fraction of sp³-hybridized carbons (Fsp3) is 0.308. The molecular weight excluding hydrogens is 372 g/mol. The fourth-order valence-electron chi connectivity index (χ4n) is 4.06. The van der Waals surface area contributed by atoms with Crippen LogP contribution in [0.15, 0.2) is 60.8 Å². The molecule has 0 aliphatic heterocycles. The molecule has 2 aromatic heterocycles. The summed E-state index contributed by atoms with van der Waals surface area (Å²) in [6.07, 6.45) is 9.30. The standard InChI is InChI=1S/C26H28N2S/c1-17-13-21-22(26(5,6)10-9-25(21,3)4)15-20(17)18(2)23-8-7-19(16-28-23)14-24-27-11-12-29-24/h7-13,15-16H,2,14H2,1,3-6H3. The molecule has 0 atom stereocenters. The van der Waals surface area contributed by atoms with Crippen LogP contribution in [0.5, 0.6) is 0 Å². The first-order chi connectivity index (χ1) is 13.7. The first-order valence-corrected chi connectivity index (χ1v) is 10.9. The molecule has 1 aliphatic rings. The van der Waals surface area contributed by atoms with Gasteiger partial charge in [-0.1, -0.05) is 58.6 Å². The molecule has 0 fully saturated rings. The van der Waals surface area contributed by atoms with Crippen LogP contribution >= 0.6 is 11.3 Å². The molecule has 1 aromatic carbocycles. The highest BCUT2D eigenvalue weighted by Gasteiger charge is 2.33. The average molecular weight is 401 g/mol. The first kappa shape index (κ1) is 19.8. The monoisotopic (exact) mass is 400 g/mol. The molecule has 0 N–H and O–H groups in total. The Morgan fingerprint density at radius 2 is 1.69 bits per heavy atom. The Morgan fingerprint density at radius 3 is 2.28 bits per heavy atom. The molecule has 2 heterocycles. The summed E-state index contributed by atoms with van der Waals surface area (Å²) < 4.78 is 0. The topological polar surface area (TPSA) is 25.8 Å². The molecule has 1 aliphatic carbocycles. The van der Waals surface area contributed by atoms with Crippen LogP contribution in [0.3, 0.4) is 0 Å². The molecule has 2 nitrogen and oxygen atoms in total. The molecule has 4 rings (SSSR count). The van der Waals surface area contributed by atoms with Crippen LogP contribution in [-0.2, 0) is 17.3 Å². The number of nitrogens with zero attached hydrogens (tertiary/aromatic N) is 2. The van der Waals surface area contributed by atoms with Crippen molar-refractivity contribution in [1.82, 2.24) is 9.97 Å². The number of hydrogen-bond donors (Lipinski definition) is 0. The number of pyridine rings is 1. The van der Waals surface area contributed by atoms with Gasteiger partial charge in [-0.2, -0.15) is 0 Å². The second kappa shape index (κ2) is 7.07. The summed E-state index contributed by atoms with van der Waals surface area (Å²) >= 11 is 1.68. The number of fused-ring (bicyclic) bond motifs is 1. The molecule has 0 saturated heterocycles. The minimum absolute atomic E-state index is 0.0125. The second-order valence-corrected chi connectivity index (χ2v) is 10.1. The van der Waals surface area contributed by atoms with Crippen molar-refractivity contribution in [3.8, 4) is 0 Å². The quantitative estimate of drug-likeness (QED) is 0.460. The molecule has 3 heteroatoms. The van der Waals surface area contributed by atoms with Crippen molar-refractivity contribution in [2.24, 2.45) is 0 Å². The number of rotatable bonds is 4. The maximum absolute atomic E-state index is 4.72. The summed E-state index contributed by atoms with van der Waals surface area (Å²) in [5.74, 6) is 0. The van der Waals surface area contributed by atoms with Crippen molar-refractivity contribution in [3.63, 3.8) is 0 Å². The fourth-order valence-corrected chi connectivity index (χ4v) is 4.71. The third-order valence-corrected chi connectivity index (χ3v) is 6.75. The summed E-state index contributed by atoms with van der Waals surface area (Å²) in [5.41, 5.74) is 8.37. The van der Waals surface area contributed by atoms with Gasteiger partial charge in [0.2, 0.25) is 0 Å². The Morgan fingerprint density at radius 1 is 1.00 bits per heavy atom.